The molecule has 0 spiro atoms. The Balaban J connectivity index is 1.49. The molecular weight excluding hydrogens is 582 g/mol. The normalized spacial score (nSPS) is 11.0. The number of carbonyl (C=O) groups is 1. The van der Waals surface area contributed by atoms with Gasteiger partial charge in [-0.15, -0.1) is 10.2 Å². The van der Waals surface area contributed by atoms with E-state index in [9.17, 15) is 4.79 Å². The highest BCUT2D eigenvalue weighted by molar-refractivity contribution is 9.10. The van der Waals surface area contributed by atoms with Gasteiger partial charge in [0.25, 0.3) is 5.91 Å². The maximum absolute atomic E-state index is 12.4. The van der Waals surface area contributed by atoms with Crippen molar-refractivity contribution in [2.75, 3.05) is 12.9 Å². The van der Waals surface area contributed by atoms with Gasteiger partial charge >= 0.3 is 0 Å². The van der Waals surface area contributed by atoms with Crippen molar-refractivity contribution in [3.8, 4) is 22.8 Å². The summed E-state index contributed by atoms with van der Waals surface area (Å²) in [5, 5.41) is 13.4. The predicted molar refractivity (Wildman–Crippen MR) is 142 cm³/mol. The van der Waals surface area contributed by atoms with Crippen LogP contribution in [0.15, 0.2) is 92.0 Å². The molecule has 0 unspecified atom stereocenters. The highest BCUT2D eigenvalue weighted by Gasteiger charge is 2.17. The Hall–Kier alpha value is -2.95. The maximum Gasteiger partial charge on any atom is 0.250 e. The van der Waals surface area contributed by atoms with Gasteiger partial charge in [-0.05, 0) is 42.5 Å². The Morgan fingerprint density at radius 3 is 2.53 bits per heavy atom. The fourth-order valence-electron chi connectivity index (χ4n) is 3.10. The summed E-state index contributed by atoms with van der Waals surface area (Å²) in [6.07, 6.45) is 1.55. The number of rotatable bonds is 8. The number of aromatic nitrogens is 3. The number of benzene rings is 3. The number of thioether (sulfide) groups is 1. The molecule has 0 saturated heterocycles. The Labute approximate surface area is 217 Å². The van der Waals surface area contributed by atoms with E-state index < -0.39 is 0 Å². The highest BCUT2D eigenvalue weighted by Crippen LogP contribution is 2.28. The van der Waals surface area contributed by atoms with Crippen LogP contribution < -0.4 is 10.2 Å². The number of ether oxygens (including phenoxy) is 1. The summed E-state index contributed by atoms with van der Waals surface area (Å²) >= 11 is 8.17. The van der Waals surface area contributed by atoms with Gasteiger partial charge in [-0.3, -0.25) is 9.36 Å². The number of halogens is 2. The Kier molecular flexibility index (Phi) is 8.15. The van der Waals surface area contributed by atoms with Crippen LogP contribution in [0, 0.1) is 0 Å². The zero-order valence-corrected chi connectivity index (χ0v) is 22.0. The molecule has 1 aromatic heterocycles. The van der Waals surface area contributed by atoms with Gasteiger partial charge in [0, 0.05) is 25.8 Å². The van der Waals surface area contributed by atoms with E-state index in [0.717, 1.165) is 25.8 Å². The topological polar surface area (TPSA) is 81.4 Å². The van der Waals surface area contributed by atoms with Crippen LogP contribution >= 0.6 is 43.6 Å². The highest BCUT2D eigenvalue weighted by atomic mass is 79.9. The van der Waals surface area contributed by atoms with Crippen LogP contribution in [-0.4, -0.2) is 39.7 Å². The number of nitrogens with zero attached hydrogens (tertiary/aromatic N) is 4. The van der Waals surface area contributed by atoms with Gasteiger partial charge in [-0.1, -0.05) is 74.0 Å². The van der Waals surface area contributed by atoms with Crippen molar-refractivity contribution in [1.29, 1.82) is 0 Å². The number of amides is 1. The fraction of sp³-hybridized carbons (Fsp3) is 0.0833. The largest absolute Gasteiger partial charge is 0.496 e. The molecule has 0 radical (unpaired) electrons. The second kappa shape index (κ2) is 11.5. The van der Waals surface area contributed by atoms with Gasteiger partial charge in [0.05, 0.1) is 19.1 Å². The van der Waals surface area contributed by atoms with Crippen molar-refractivity contribution in [2.24, 2.45) is 5.10 Å². The van der Waals surface area contributed by atoms with Gasteiger partial charge in [-0.2, -0.15) is 5.10 Å². The van der Waals surface area contributed by atoms with Gasteiger partial charge in [0.1, 0.15) is 5.75 Å². The SMILES string of the molecule is COc1ccc(Br)cc1/C=N\NC(=O)CSc1nnc(-c2ccc(Br)cc2)n1-c1ccccc1. The van der Waals surface area contributed by atoms with E-state index in [0.29, 0.717) is 16.7 Å². The molecule has 4 rings (SSSR count). The van der Waals surface area contributed by atoms with Crippen LogP contribution in [0.5, 0.6) is 5.75 Å². The molecule has 0 aliphatic heterocycles. The molecule has 7 nitrogen and oxygen atoms in total. The molecule has 10 heteroatoms. The predicted octanol–water partition coefficient (Wildman–Crippen LogP) is 5.71. The average molecular weight is 601 g/mol. The molecule has 1 amide bonds. The van der Waals surface area contributed by atoms with Crippen LogP contribution in [0.2, 0.25) is 0 Å². The summed E-state index contributed by atoms with van der Waals surface area (Å²) in [4.78, 5) is 12.4. The van der Waals surface area contributed by atoms with Crippen LogP contribution in [0.25, 0.3) is 17.1 Å². The molecule has 1 heterocycles. The van der Waals surface area contributed by atoms with E-state index in [1.54, 1.807) is 13.3 Å². The van der Waals surface area contributed by atoms with E-state index in [1.807, 2.05) is 77.4 Å². The number of hydrogen-bond acceptors (Lipinski definition) is 6. The number of hydrogen-bond donors (Lipinski definition) is 1. The first-order chi connectivity index (χ1) is 16.5. The molecule has 172 valence electrons. The lowest BCUT2D eigenvalue weighted by atomic mass is 10.2. The van der Waals surface area contributed by atoms with Gasteiger partial charge in [0.15, 0.2) is 11.0 Å². The number of nitrogens with one attached hydrogen (secondary N) is 1. The lowest BCUT2D eigenvalue weighted by Gasteiger charge is -2.10. The molecule has 4 aromatic rings. The van der Waals surface area contributed by atoms with E-state index in [2.05, 4.69) is 52.6 Å². The zero-order valence-electron chi connectivity index (χ0n) is 18.0. The van der Waals surface area contributed by atoms with Crippen LogP contribution in [-0.2, 0) is 4.79 Å². The summed E-state index contributed by atoms with van der Waals surface area (Å²) in [6.45, 7) is 0. The lowest BCUT2D eigenvalue weighted by molar-refractivity contribution is -0.118. The van der Waals surface area contributed by atoms with E-state index in [4.69, 9.17) is 4.74 Å². The van der Waals surface area contributed by atoms with Gasteiger partial charge in [-0.25, -0.2) is 5.43 Å². The Morgan fingerprint density at radius 2 is 1.79 bits per heavy atom. The second-order valence-corrected chi connectivity index (χ2v) is 9.73. The van der Waals surface area contributed by atoms with E-state index in [-0.39, 0.29) is 11.7 Å². The molecule has 0 aliphatic rings. The summed E-state index contributed by atoms with van der Waals surface area (Å²) < 4.78 is 9.12. The van der Waals surface area contributed by atoms with Crippen molar-refractivity contribution in [2.45, 2.75) is 5.16 Å². The number of carbonyl (C=O) groups excluding carboxylic acids is 1. The van der Waals surface area contributed by atoms with Crippen LogP contribution in [0.1, 0.15) is 5.56 Å². The minimum absolute atomic E-state index is 0.123. The first-order valence-corrected chi connectivity index (χ1v) is 12.7. The van der Waals surface area contributed by atoms with Crippen LogP contribution in [0.4, 0.5) is 0 Å². The second-order valence-electron chi connectivity index (χ2n) is 6.95. The molecule has 3 aromatic carbocycles. The summed E-state index contributed by atoms with van der Waals surface area (Å²) in [7, 11) is 1.58. The lowest BCUT2D eigenvalue weighted by Crippen LogP contribution is -2.20. The van der Waals surface area contributed by atoms with Gasteiger partial charge in [0.2, 0.25) is 0 Å². The van der Waals surface area contributed by atoms with Gasteiger partial charge < -0.3 is 4.74 Å². The van der Waals surface area contributed by atoms with Crippen molar-refractivity contribution in [3.63, 3.8) is 0 Å². The molecule has 34 heavy (non-hydrogen) atoms. The third-order valence-electron chi connectivity index (χ3n) is 4.67. The minimum Gasteiger partial charge on any atom is -0.496 e. The Morgan fingerprint density at radius 1 is 1.06 bits per heavy atom. The smallest absolute Gasteiger partial charge is 0.250 e. The molecule has 0 bridgehead atoms. The summed E-state index contributed by atoms with van der Waals surface area (Å²) in [5.41, 5.74) is 5.13. The number of methoxy groups -OCH3 is 1. The van der Waals surface area contributed by atoms with E-state index in [1.165, 1.54) is 11.8 Å². The zero-order chi connectivity index (χ0) is 23.9. The molecule has 0 atom stereocenters. The number of para-hydroxylation sites is 1. The molecule has 0 fully saturated rings. The van der Waals surface area contributed by atoms with Crippen molar-refractivity contribution in [1.82, 2.24) is 20.2 Å². The monoisotopic (exact) mass is 599 g/mol. The number of hydrazone groups is 1. The summed E-state index contributed by atoms with van der Waals surface area (Å²) in [5.74, 6) is 1.22. The average Bonchev–Trinajstić information content (AvgIpc) is 3.28. The van der Waals surface area contributed by atoms with Crippen molar-refractivity contribution < 1.29 is 9.53 Å². The van der Waals surface area contributed by atoms with Crippen molar-refractivity contribution >= 4 is 55.7 Å². The molecule has 0 saturated carbocycles. The summed E-state index contributed by atoms with van der Waals surface area (Å²) in [6, 6.07) is 23.2. The molecule has 1 N–H and O–H groups in total. The quantitative estimate of drug-likeness (QED) is 0.159. The maximum atomic E-state index is 12.4. The van der Waals surface area contributed by atoms with Crippen molar-refractivity contribution in [3.05, 3.63) is 87.3 Å². The van der Waals surface area contributed by atoms with E-state index >= 15 is 0 Å². The third-order valence-corrected chi connectivity index (χ3v) is 6.62. The first-order valence-electron chi connectivity index (χ1n) is 10.1. The third kappa shape index (κ3) is 5.94. The molecular formula is C24H19Br2N5O2S. The first kappa shape index (κ1) is 24.2. The standard InChI is InChI=1S/C24H19Br2N5O2S/c1-33-21-12-11-19(26)13-17(21)14-27-28-22(32)15-34-24-30-29-23(16-7-9-18(25)10-8-16)31(24)20-5-3-2-4-6-20/h2-14H,15H2,1H3,(H,28,32)/b27-14-. The van der Waals surface area contributed by atoms with Crippen LogP contribution in [0.3, 0.4) is 0 Å². The minimum atomic E-state index is -0.261. The molecule has 0 aliphatic carbocycles. The fourth-order valence-corrected chi connectivity index (χ4v) is 4.49. The Bertz CT molecular complexity index is 1310.